The highest BCUT2D eigenvalue weighted by molar-refractivity contribution is 9.11. The minimum absolute atomic E-state index is 0.0443. The van der Waals surface area contributed by atoms with Gasteiger partial charge in [-0.25, -0.2) is 9.40 Å². The third-order valence-electron chi connectivity index (χ3n) is 5.07. The first-order valence-corrected chi connectivity index (χ1v) is 10.5. The molecule has 0 aromatic heterocycles. The van der Waals surface area contributed by atoms with Gasteiger partial charge >= 0.3 is 0 Å². The molecule has 140 valence electrons. The largest absolute Gasteiger partial charge is 0.463 e. The number of rotatable bonds is 2. The summed E-state index contributed by atoms with van der Waals surface area (Å²) in [4.78, 5) is 0. The SMILES string of the molecule is Fc1ccc([C@@H]2Oc3c(Br)cc(Br)cc3[C@@H]3CC(c4ccccc4)=NN32)cc1. The number of halogens is 3. The maximum atomic E-state index is 13.5. The Morgan fingerprint density at radius 1 is 1.00 bits per heavy atom. The van der Waals surface area contributed by atoms with Crippen molar-refractivity contribution in [2.45, 2.75) is 18.7 Å². The summed E-state index contributed by atoms with van der Waals surface area (Å²) >= 11 is 7.21. The molecule has 0 unspecified atom stereocenters. The predicted molar refractivity (Wildman–Crippen MR) is 114 cm³/mol. The Balaban J connectivity index is 1.63. The fourth-order valence-corrected chi connectivity index (χ4v) is 5.12. The molecule has 0 spiro atoms. The minimum atomic E-state index is -0.420. The third kappa shape index (κ3) is 3.05. The molecule has 2 aliphatic rings. The molecule has 0 bridgehead atoms. The zero-order valence-corrected chi connectivity index (χ0v) is 17.8. The van der Waals surface area contributed by atoms with E-state index in [1.165, 1.54) is 12.1 Å². The smallest absolute Gasteiger partial charge is 0.213 e. The van der Waals surface area contributed by atoms with Crippen LogP contribution < -0.4 is 4.74 Å². The van der Waals surface area contributed by atoms with Crippen molar-refractivity contribution in [1.82, 2.24) is 5.01 Å². The molecule has 0 aliphatic carbocycles. The lowest BCUT2D eigenvalue weighted by Gasteiger charge is -2.38. The zero-order chi connectivity index (χ0) is 19.3. The van der Waals surface area contributed by atoms with E-state index in [-0.39, 0.29) is 11.9 Å². The second-order valence-corrected chi connectivity index (χ2v) is 8.61. The molecular formula is C22H15Br2FN2O. The molecular weight excluding hydrogens is 487 g/mol. The summed E-state index contributed by atoms with van der Waals surface area (Å²) in [5.74, 6) is 0.541. The van der Waals surface area contributed by atoms with Crippen molar-refractivity contribution < 1.29 is 9.13 Å². The molecule has 28 heavy (non-hydrogen) atoms. The van der Waals surface area contributed by atoms with E-state index in [4.69, 9.17) is 9.84 Å². The van der Waals surface area contributed by atoms with E-state index >= 15 is 0 Å². The van der Waals surface area contributed by atoms with Crippen LogP contribution in [0.5, 0.6) is 5.75 Å². The van der Waals surface area contributed by atoms with Crippen molar-refractivity contribution in [3.63, 3.8) is 0 Å². The Bertz CT molecular complexity index is 1070. The molecule has 2 heterocycles. The van der Waals surface area contributed by atoms with Crippen molar-refractivity contribution >= 4 is 37.6 Å². The third-order valence-corrected chi connectivity index (χ3v) is 6.12. The number of ether oxygens (including phenoxy) is 1. The second-order valence-electron chi connectivity index (χ2n) is 6.84. The molecule has 3 nitrogen and oxygen atoms in total. The highest BCUT2D eigenvalue weighted by atomic mass is 79.9. The summed E-state index contributed by atoms with van der Waals surface area (Å²) in [5, 5.41) is 6.92. The van der Waals surface area contributed by atoms with Crippen molar-refractivity contribution in [2.24, 2.45) is 5.10 Å². The fraction of sp³-hybridized carbons (Fsp3) is 0.136. The normalized spacial score (nSPS) is 20.2. The highest BCUT2D eigenvalue weighted by Gasteiger charge is 2.41. The summed E-state index contributed by atoms with van der Waals surface area (Å²) in [5.41, 5.74) is 4.06. The van der Waals surface area contributed by atoms with Crippen molar-refractivity contribution in [3.05, 3.63) is 98.2 Å². The zero-order valence-electron chi connectivity index (χ0n) is 14.6. The molecule has 0 saturated carbocycles. The van der Waals surface area contributed by atoms with E-state index in [0.717, 1.165) is 43.5 Å². The number of hydrogen-bond acceptors (Lipinski definition) is 3. The van der Waals surface area contributed by atoms with Gasteiger partial charge in [-0.1, -0.05) is 58.4 Å². The maximum absolute atomic E-state index is 13.5. The molecule has 2 aliphatic heterocycles. The van der Waals surface area contributed by atoms with Crippen LogP contribution in [0.4, 0.5) is 4.39 Å². The summed E-state index contributed by atoms with van der Waals surface area (Å²) in [6.45, 7) is 0. The number of hydrogen-bond donors (Lipinski definition) is 0. The molecule has 0 N–H and O–H groups in total. The fourth-order valence-electron chi connectivity index (χ4n) is 3.77. The van der Waals surface area contributed by atoms with Crippen LogP contribution in [0.3, 0.4) is 0 Å². The molecule has 0 amide bonds. The van der Waals surface area contributed by atoms with Gasteiger partial charge in [-0.2, -0.15) is 5.10 Å². The average Bonchev–Trinajstić information content (AvgIpc) is 3.15. The molecule has 2 atom stereocenters. The van der Waals surface area contributed by atoms with Gasteiger partial charge in [0.15, 0.2) is 0 Å². The molecule has 0 fully saturated rings. The van der Waals surface area contributed by atoms with Gasteiger partial charge < -0.3 is 4.74 Å². The van der Waals surface area contributed by atoms with Crippen LogP contribution in [0.15, 0.2) is 80.8 Å². The van der Waals surface area contributed by atoms with Crippen LogP contribution in [0, 0.1) is 5.82 Å². The van der Waals surface area contributed by atoms with Crippen molar-refractivity contribution in [3.8, 4) is 5.75 Å². The Morgan fingerprint density at radius 2 is 1.75 bits per heavy atom. The predicted octanol–water partition coefficient (Wildman–Crippen LogP) is 6.59. The van der Waals surface area contributed by atoms with Gasteiger partial charge in [0.1, 0.15) is 11.6 Å². The van der Waals surface area contributed by atoms with Gasteiger partial charge in [-0.05, 0) is 45.8 Å². The van der Waals surface area contributed by atoms with Gasteiger partial charge in [0, 0.05) is 22.0 Å². The first kappa shape index (κ1) is 17.9. The van der Waals surface area contributed by atoms with Crippen LogP contribution in [-0.2, 0) is 0 Å². The van der Waals surface area contributed by atoms with Crippen LogP contribution in [0.2, 0.25) is 0 Å². The number of nitrogens with zero attached hydrogens (tertiary/aromatic N) is 2. The van der Waals surface area contributed by atoms with Crippen LogP contribution >= 0.6 is 31.9 Å². The van der Waals surface area contributed by atoms with Gasteiger partial charge in [0.05, 0.1) is 16.2 Å². The Kier molecular flexibility index (Phi) is 4.48. The quantitative estimate of drug-likeness (QED) is 0.395. The van der Waals surface area contributed by atoms with Crippen molar-refractivity contribution in [1.29, 1.82) is 0 Å². The van der Waals surface area contributed by atoms with E-state index in [1.807, 2.05) is 29.3 Å². The summed E-state index contributed by atoms with van der Waals surface area (Å²) in [7, 11) is 0. The van der Waals surface area contributed by atoms with Gasteiger partial charge in [-0.15, -0.1) is 0 Å². The second kappa shape index (κ2) is 7.01. The lowest BCUT2D eigenvalue weighted by atomic mass is 9.96. The lowest BCUT2D eigenvalue weighted by Crippen LogP contribution is -2.33. The number of hydrazone groups is 1. The standard InChI is InChI=1S/C22H15Br2FN2O/c23-15-10-17-20-12-19(13-4-2-1-3-5-13)26-27(20)22(28-21(17)18(24)11-15)14-6-8-16(25)9-7-14/h1-11,20,22H,12H2/t20-,22-/m0/s1. The number of benzene rings is 3. The summed E-state index contributed by atoms with van der Waals surface area (Å²) in [6.07, 6.45) is 0.359. The van der Waals surface area contributed by atoms with E-state index in [2.05, 4.69) is 50.1 Å². The van der Waals surface area contributed by atoms with E-state index in [1.54, 1.807) is 12.1 Å². The van der Waals surface area contributed by atoms with Crippen LogP contribution in [-0.4, -0.2) is 10.7 Å². The minimum Gasteiger partial charge on any atom is -0.463 e. The van der Waals surface area contributed by atoms with E-state index < -0.39 is 6.23 Å². The molecule has 6 heteroatoms. The van der Waals surface area contributed by atoms with Gasteiger partial charge in [-0.3, -0.25) is 0 Å². The molecule has 0 radical (unpaired) electrons. The summed E-state index contributed by atoms with van der Waals surface area (Å²) in [6, 6.07) is 20.7. The Hall–Kier alpha value is -2.18. The molecule has 3 aromatic carbocycles. The van der Waals surface area contributed by atoms with Crippen molar-refractivity contribution in [2.75, 3.05) is 0 Å². The lowest BCUT2D eigenvalue weighted by molar-refractivity contribution is -0.0197. The van der Waals surface area contributed by atoms with Gasteiger partial charge in [0.25, 0.3) is 0 Å². The van der Waals surface area contributed by atoms with Gasteiger partial charge in [0.2, 0.25) is 6.23 Å². The average molecular weight is 502 g/mol. The first-order valence-electron chi connectivity index (χ1n) is 8.92. The Morgan fingerprint density at radius 3 is 2.50 bits per heavy atom. The van der Waals surface area contributed by atoms with Crippen LogP contribution in [0.25, 0.3) is 0 Å². The molecule has 5 rings (SSSR count). The van der Waals surface area contributed by atoms with E-state index in [9.17, 15) is 4.39 Å². The molecule has 0 saturated heterocycles. The van der Waals surface area contributed by atoms with Crippen LogP contribution in [0.1, 0.15) is 35.4 Å². The number of fused-ring (bicyclic) bond motifs is 3. The first-order chi connectivity index (χ1) is 13.6. The monoisotopic (exact) mass is 500 g/mol. The Labute approximate surface area is 179 Å². The maximum Gasteiger partial charge on any atom is 0.213 e. The topological polar surface area (TPSA) is 24.8 Å². The van der Waals surface area contributed by atoms with E-state index in [0.29, 0.717) is 0 Å². The molecule has 3 aromatic rings. The summed E-state index contributed by atoms with van der Waals surface area (Å²) < 4.78 is 21.7. The highest BCUT2D eigenvalue weighted by Crippen LogP contribution is 2.50.